The molecule has 1 aromatic rings. The smallest absolute Gasteiger partial charge is 0.128 e. The van der Waals surface area contributed by atoms with E-state index in [0.717, 1.165) is 16.8 Å². The van der Waals surface area contributed by atoms with Crippen LogP contribution in [0, 0.1) is 0 Å². The summed E-state index contributed by atoms with van der Waals surface area (Å²) in [5.41, 5.74) is 1.21. The lowest BCUT2D eigenvalue weighted by atomic mass is 10.3. The lowest BCUT2D eigenvalue weighted by Gasteiger charge is -1.95. The first-order chi connectivity index (χ1) is 4.74. The molecular formula is C6H9BrN2S. The van der Waals surface area contributed by atoms with E-state index in [4.69, 9.17) is 0 Å². The van der Waals surface area contributed by atoms with Gasteiger partial charge < -0.3 is 0 Å². The molecule has 0 radical (unpaired) electrons. The summed E-state index contributed by atoms with van der Waals surface area (Å²) in [6.07, 6.45) is 0.970. The maximum Gasteiger partial charge on any atom is 0.128 e. The van der Waals surface area contributed by atoms with E-state index in [1.807, 2.05) is 17.8 Å². The van der Waals surface area contributed by atoms with Crippen molar-refractivity contribution in [1.29, 1.82) is 0 Å². The molecule has 0 unspecified atom stereocenters. The lowest BCUT2D eigenvalue weighted by molar-refractivity contribution is 0.715. The second-order valence-electron chi connectivity index (χ2n) is 2.06. The Labute approximate surface area is 74.2 Å². The molecule has 0 atom stereocenters. The molecule has 1 heterocycles. The van der Waals surface area contributed by atoms with Crippen molar-refractivity contribution >= 4 is 28.6 Å². The Bertz CT molecular complexity index is 222. The Morgan fingerprint density at radius 3 is 2.90 bits per heavy atom. The number of rotatable bonds is 2. The van der Waals surface area contributed by atoms with Gasteiger partial charge in [0.15, 0.2) is 0 Å². The molecule has 0 aromatic carbocycles. The Balaban J connectivity index is 2.81. The molecule has 10 heavy (non-hydrogen) atoms. The summed E-state index contributed by atoms with van der Waals surface area (Å²) in [6.45, 7) is 0. The van der Waals surface area contributed by atoms with Crippen LogP contribution in [0.5, 0.6) is 0 Å². The van der Waals surface area contributed by atoms with Gasteiger partial charge in [-0.3, -0.25) is 4.68 Å². The van der Waals surface area contributed by atoms with E-state index in [2.05, 4.69) is 33.7 Å². The van der Waals surface area contributed by atoms with E-state index in [9.17, 15) is 0 Å². The van der Waals surface area contributed by atoms with Gasteiger partial charge in [0.1, 0.15) is 4.60 Å². The van der Waals surface area contributed by atoms with Crippen LogP contribution in [0.1, 0.15) is 5.69 Å². The summed E-state index contributed by atoms with van der Waals surface area (Å²) in [4.78, 5) is 0. The van der Waals surface area contributed by atoms with Crippen molar-refractivity contribution in [3.05, 3.63) is 16.4 Å². The van der Waals surface area contributed by atoms with E-state index in [1.165, 1.54) is 5.69 Å². The first kappa shape index (κ1) is 8.14. The molecule has 0 N–H and O–H groups in total. The van der Waals surface area contributed by atoms with Crippen LogP contribution in [0.4, 0.5) is 0 Å². The molecule has 0 fully saturated rings. The number of hydrogen-bond donors (Lipinski definition) is 1. The molecule has 0 spiro atoms. The third-order valence-electron chi connectivity index (χ3n) is 1.31. The van der Waals surface area contributed by atoms with E-state index >= 15 is 0 Å². The molecule has 0 saturated heterocycles. The third kappa shape index (κ3) is 1.76. The first-order valence-corrected chi connectivity index (χ1v) is 4.46. The molecule has 0 saturated carbocycles. The summed E-state index contributed by atoms with van der Waals surface area (Å²) in [7, 11) is 1.93. The first-order valence-electron chi connectivity index (χ1n) is 3.03. The van der Waals surface area contributed by atoms with Gasteiger partial charge in [-0.1, -0.05) is 0 Å². The maximum atomic E-state index is 4.13. The van der Waals surface area contributed by atoms with Gasteiger partial charge in [-0.25, -0.2) is 0 Å². The SMILES string of the molecule is Cn1nc(Br)cc1CCS. The second-order valence-corrected chi connectivity index (χ2v) is 3.32. The normalized spacial score (nSPS) is 10.3. The highest BCUT2D eigenvalue weighted by Crippen LogP contribution is 2.09. The van der Waals surface area contributed by atoms with Crippen LogP contribution in [0.15, 0.2) is 10.7 Å². The van der Waals surface area contributed by atoms with E-state index < -0.39 is 0 Å². The van der Waals surface area contributed by atoms with Crippen LogP contribution >= 0.6 is 28.6 Å². The fourth-order valence-electron chi connectivity index (χ4n) is 0.816. The molecule has 56 valence electrons. The maximum absolute atomic E-state index is 4.13. The number of aryl methyl sites for hydroxylation is 2. The van der Waals surface area contributed by atoms with Gasteiger partial charge in [-0.05, 0) is 34.2 Å². The average molecular weight is 221 g/mol. The minimum atomic E-state index is 0.867. The summed E-state index contributed by atoms with van der Waals surface area (Å²) < 4.78 is 2.76. The Hall–Kier alpha value is 0.0400. The van der Waals surface area contributed by atoms with Crippen LogP contribution in [0.25, 0.3) is 0 Å². The van der Waals surface area contributed by atoms with Gasteiger partial charge in [0, 0.05) is 12.7 Å². The van der Waals surface area contributed by atoms with E-state index in [0.29, 0.717) is 0 Å². The molecule has 1 aromatic heterocycles. The molecular weight excluding hydrogens is 212 g/mol. The fraction of sp³-hybridized carbons (Fsp3) is 0.500. The molecule has 0 amide bonds. The van der Waals surface area contributed by atoms with Crippen molar-refractivity contribution in [1.82, 2.24) is 9.78 Å². The Morgan fingerprint density at radius 1 is 1.80 bits per heavy atom. The Morgan fingerprint density at radius 2 is 2.50 bits per heavy atom. The second kappa shape index (κ2) is 3.44. The number of thiol groups is 1. The highest BCUT2D eigenvalue weighted by Gasteiger charge is 1.99. The van der Waals surface area contributed by atoms with Gasteiger partial charge in [0.2, 0.25) is 0 Å². The highest BCUT2D eigenvalue weighted by molar-refractivity contribution is 9.10. The average Bonchev–Trinajstić information content (AvgIpc) is 2.13. The molecule has 0 bridgehead atoms. The zero-order valence-corrected chi connectivity index (χ0v) is 8.19. The van der Waals surface area contributed by atoms with Gasteiger partial charge >= 0.3 is 0 Å². The number of halogens is 1. The van der Waals surface area contributed by atoms with Crippen molar-refractivity contribution in [3.63, 3.8) is 0 Å². The van der Waals surface area contributed by atoms with E-state index in [-0.39, 0.29) is 0 Å². The lowest BCUT2D eigenvalue weighted by Crippen LogP contribution is -1.98. The number of aromatic nitrogens is 2. The zero-order valence-electron chi connectivity index (χ0n) is 5.71. The molecule has 4 heteroatoms. The monoisotopic (exact) mass is 220 g/mol. The number of nitrogens with zero attached hydrogens (tertiary/aromatic N) is 2. The highest BCUT2D eigenvalue weighted by atomic mass is 79.9. The quantitative estimate of drug-likeness (QED) is 0.752. The van der Waals surface area contributed by atoms with Crippen LogP contribution in [-0.2, 0) is 13.5 Å². The standard InChI is InChI=1S/C6H9BrN2S/c1-9-5(2-3-10)4-6(7)8-9/h4,10H,2-3H2,1H3. The molecule has 2 nitrogen and oxygen atoms in total. The minimum absolute atomic E-state index is 0.867. The Kier molecular flexibility index (Phi) is 2.80. The zero-order chi connectivity index (χ0) is 7.56. The summed E-state index contributed by atoms with van der Waals surface area (Å²) in [5.74, 6) is 0.867. The van der Waals surface area contributed by atoms with Gasteiger partial charge in [-0.15, -0.1) is 0 Å². The van der Waals surface area contributed by atoms with Crippen LogP contribution in [0.2, 0.25) is 0 Å². The van der Waals surface area contributed by atoms with Crippen molar-refractivity contribution < 1.29 is 0 Å². The van der Waals surface area contributed by atoms with Crippen LogP contribution in [0.3, 0.4) is 0 Å². The third-order valence-corrected chi connectivity index (χ3v) is 1.93. The predicted octanol–water partition coefficient (Wildman–Crippen LogP) is 1.65. The molecule has 0 aliphatic heterocycles. The predicted molar refractivity (Wildman–Crippen MR) is 48.5 cm³/mol. The van der Waals surface area contributed by atoms with Crippen LogP contribution < -0.4 is 0 Å². The molecule has 1 rings (SSSR count). The van der Waals surface area contributed by atoms with Crippen molar-refractivity contribution in [2.24, 2.45) is 7.05 Å². The van der Waals surface area contributed by atoms with Crippen molar-refractivity contribution in [2.45, 2.75) is 6.42 Å². The largest absolute Gasteiger partial charge is 0.271 e. The summed E-state index contributed by atoms with van der Waals surface area (Å²) in [6, 6.07) is 2.01. The van der Waals surface area contributed by atoms with Gasteiger partial charge in [0.05, 0.1) is 0 Å². The molecule has 0 aliphatic rings. The van der Waals surface area contributed by atoms with E-state index in [1.54, 1.807) is 0 Å². The minimum Gasteiger partial charge on any atom is -0.271 e. The van der Waals surface area contributed by atoms with Crippen molar-refractivity contribution in [3.8, 4) is 0 Å². The summed E-state index contributed by atoms with van der Waals surface area (Å²) >= 11 is 7.43. The summed E-state index contributed by atoms with van der Waals surface area (Å²) in [5, 5.41) is 4.13. The topological polar surface area (TPSA) is 17.8 Å². The molecule has 0 aliphatic carbocycles. The van der Waals surface area contributed by atoms with Gasteiger partial charge in [-0.2, -0.15) is 17.7 Å². The van der Waals surface area contributed by atoms with Crippen molar-refractivity contribution in [2.75, 3.05) is 5.75 Å². The number of hydrogen-bond acceptors (Lipinski definition) is 2. The fourth-order valence-corrected chi connectivity index (χ4v) is 1.55. The van der Waals surface area contributed by atoms with Crippen LogP contribution in [-0.4, -0.2) is 15.5 Å². The van der Waals surface area contributed by atoms with Gasteiger partial charge in [0.25, 0.3) is 0 Å².